The van der Waals surface area contributed by atoms with Crippen molar-refractivity contribution in [2.24, 2.45) is 5.73 Å². The van der Waals surface area contributed by atoms with Gasteiger partial charge in [-0.3, -0.25) is 0 Å². The van der Waals surface area contributed by atoms with E-state index in [0.717, 1.165) is 5.56 Å². The van der Waals surface area contributed by atoms with Gasteiger partial charge in [0.2, 0.25) is 10.0 Å². The third-order valence-corrected chi connectivity index (χ3v) is 7.16. The van der Waals surface area contributed by atoms with E-state index in [2.05, 4.69) is 11.8 Å². The average Bonchev–Trinajstić information content (AvgIpc) is 2.73. The number of aliphatic carboxylic acids is 1. The van der Waals surface area contributed by atoms with Gasteiger partial charge in [0, 0.05) is 18.7 Å². The van der Waals surface area contributed by atoms with Crippen LogP contribution < -0.4 is 5.73 Å². The molecule has 1 fully saturated rings. The molecule has 3 N–H and O–H groups in total. The zero-order valence-corrected chi connectivity index (χ0v) is 17.1. The van der Waals surface area contributed by atoms with Crippen LogP contribution in [0.25, 0.3) is 0 Å². The van der Waals surface area contributed by atoms with Crippen molar-refractivity contribution in [1.29, 1.82) is 0 Å². The van der Waals surface area contributed by atoms with E-state index in [1.54, 1.807) is 42.5 Å². The van der Waals surface area contributed by atoms with Crippen LogP contribution in [0.15, 0.2) is 54.6 Å². The molecule has 0 radical (unpaired) electrons. The van der Waals surface area contributed by atoms with Gasteiger partial charge in [0.15, 0.2) is 5.54 Å². The summed E-state index contributed by atoms with van der Waals surface area (Å²) in [6, 6.07) is 14.8. The Kier molecular flexibility index (Phi) is 6.56. The Morgan fingerprint density at radius 3 is 2.30 bits per heavy atom. The van der Waals surface area contributed by atoms with Crippen LogP contribution in [0.1, 0.15) is 29.9 Å². The predicted molar refractivity (Wildman–Crippen MR) is 112 cm³/mol. The van der Waals surface area contributed by atoms with Gasteiger partial charge in [-0.1, -0.05) is 42.2 Å². The van der Waals surface area contributed by atoms with Gasteiger partial charge in [0.25, 0.3) is 0 Å². The highest BCUT2D eigenvalue weighted by Crippen LogP contribution is 2.29. The lowest BCUT2D eigenvalue weighted by atomic mass is 9.90. The first-order valence-electron chi connectivity index (χ1n) is 9.53. The molecule has 0 saturated carbocycles. The minimum absolute atomic E-state index is 0.122. The quantitative estimate of drug-likeness (QED) is 0.708. The summed E-state index contributed by atoms with van der Waals surface area (Å²) in [5.74, 6) is 2.60. The molecule has 0 spiro atoms. The maximum Gasteiger partial charge on any atom is 0.337 e. The van der Waals surface area contributed by atoms with Crippen molar-refractivity contribution in [2.75, 3.05) is 18.8 Å². The summed E-state index contributed by atoms with van der Waals surface area (Å²) in [5.41, 5.74) is 5.19. The van der Waals surface area contributed by atoms with Gasteiger partial charge >= 0.3 is 5.97 Å². The Morgan fingerprint density at radius 2 is 1.73 bits per heavy atom. The van der Waals surface area contributed by atoms with E-state index in [1.165, 1.54) is 16.4 Å². The first-order valence-corrected chi connectivity index (χ1v) is 11.1. The second-order valence-electron chi connectivity index (χ2n) is 7.37. The van der Waals surface area contributed by atoms with Crippen molar-refractivity contribution in [1.82, 2.24) is 4.31 Å². The first kappa shape index (κ1) is 22.0. The molecule has 0 aliphatic carbocycles. The monoisotopic (exact) mass is 430 g/mol. The minimum atomic E-state index is -3.94. The fraction of sp³-hybridized carbons (Fsp3) is 0.318. The summed E-state index contributed by atoms with van der Waals surface area (Å²) in [6.45, 7) is 0.485. The molecular formula is C22H23FN2O4S. The summed E-state index contributed by atoms with van der Waals surface area (Å²) in [4.78, 5) is 11.7. The summed E-state index contributed by atoms with van der Waals surface area (Å²) in [6.07, 6.45) is 1.12. The van der Waals surface area contributed by atoms with Crippen LogP contribution in [0.3, 0.4) is 0 Å². The van der Waals surface area contributed by atoms with Crippen molar-refractivity contribution >= 4 is 16.0 Å². The number of halogens is 1. The number of nitrogens with zero attached hydrogens (tertiary/aromatic N) is 1. The highest BCUT2D eigenvalue weighted by molar-refractivity contribution is 7.89. The number of benzene rings is 2. The fourth-order valence-electron chi connectivity index (χ4n) is 3.44. The van der Waals surface area contributed by atoms with Crippen LogP contribution >= 0.6 is 0 Å². The highest BCUT2D eigenvalue weighted by atomic mass is 32.2. The maximum atomic E-state index is 13.1. The van der Waals surface area contributed by atoms with Gasteiger partial charge in [0.1, 0.15) is 11.6 Å². The molecule has 1 saturated heterocycles. The van der Waals surface area contributed by atoms with E-state index in [4.69, 9.17) is 5.73 Å². The van der Waals surface area contributed by atoms with E-state index in [9.17, 15) is 22.7 Å². The Bertz CT molecular complexity index is 1050. The van der Waals surface area contributed by atoms with E-state index in [-0.39, 0.29) is 24.8 Å². The maximum absolute atomic E-state index is 13.1. The van der Waals surface area contributed by atoms with E-state index >= 15 is 0 Å². The van der Waals surface area contributed by atoms with Crippen molar-refractivity contribution in [2.45, 2.75) is 24.3 Å². The number of piperidine rings is 1. The fourth-order valence-corrected chi connectivity index (χ4v) is 5.16. The van der Waals surface area contributed by atoms with Gasteiger partial charge in [-0.25, -0.2) is 21.9 Å². The van der Waals surface area contributed by atoms with Gasteiger partial charge < -0.3 is 10.8 Å². The smallest absolute Gasteiger partial charge is 0.337 e. The molecule has 1 heterocycles. The summed E-state index contributed by atoms with van der Waals surface area (Å²) in [7, 11) is -3.94. The van der Waals surface area contributed by atoms with Crippen LogP contribution in [0.5, 0.6) is 0 Å². The second-order valence-corrected chi connectivity index (χ2v) is 9.34. The molecule has 0 amide bonds. The Labute approximate surface area is 175 Å². The normalized spacial score (nSPS) is 17.5. The average molecular weight is 431 g/mol. The molecule has 3 rings (SSSR count). The van der Waals surface area contributed by atoms with Gasteiger partial charge in [-0.15, -0.1) is 0 Å². The van der Waals surface area contributed by atoms with Crippen LogP contribution in [0.4, 0.5) is 4.39 Å². The van der Waals surface area contributed by atoms with Crippen LogP contribution in [-0.2, 0) is 14.8 Å². The highest BCUT2D eigenvalue weighted by Gasteiger charge is 2.41. The molecule has 1 atom stereocenters. The van der Waals surface area contributed by atoms with E-state index in [0.29, 0.717) is 18.4 Å². The first-order chi connectivity index (χ1) is 14.2. The number of rotatable bonds is 5. The summed E-state index contributed by atoms with van der Waals surface area (Å²) in [5, 5.41) is 9.54. The SMILES string of the molecule is NC(C#Cc1ccccc1)(CS(=O)(=O)N1CCC(c2ccc(F)cc2)CC1)C(=O)O. The van der Waals surface area contributed by atoms with Crippen molar-refractivity contribution < 1.29 is 22.7 Å². The number of carbonyl (C=O) groups is 1. The Morgan fingerprint density at radius 1 is 1.13 bits per heavy atom. The van der Waals surface area contributed by atoms with Gasteiger partial charge in [-0.05, 0) is 48.6 Å². The molecule has 0 bridgehead atoms. The van der Waals surface area contributed by atoms with E-state index in [1.807, 2.05) is 0 Å². The Hall–Kier alpha value is -2.73. The van der Waals surface area contributed by atoms with Crippen LogP contribution in [0.2, 0.25) is 0 Å². The third kappa shape index (κ3) is 5.25. The minimum Gasteiger partial charge on any atom is -0.479 e. The second kappa shape index (κ2) is 8.96. The molecule has 2 aromatic rings. The molecular weight excluding hydrogens is 407 g/mol. The van der Waals surface area contributed by atoms with Crippen LogP contribution in [0, 0.1) is 17.7 Å². The number of sulfonamides is 1. The van der Waals surface area contributed by atoms with Gasteiger partial charge in [-0.2, -0.15) is 0 Å². The summed E-state index contributed by atoms with van der Waals surface area (Å²) < 4.78 is 40.1. The number of hydrogen-bond donors (Lipinski definition) is 2. The van der Waals surface area contributed by atoms with E-state index < -0.39 is 27.3 Å². The number of hydrogen-bond acceptors (Lipinski definition) is 4. The standard InChI is InChI=1S/C22H23FN2O4S/c23-20-8-6-18(7-9-20)19-11-14-25(15-12-19)30(28,29)16-22(24,21(26)27)13-10-17-4-2-1-3-5-17/h1-9,19H,11-12,14-16,24H2,(H,26,27). The lowest BCUT2D eigenvalue weighted by Crippen LogP contribution is -2.55. The summed E-state index contributed by atoms with van der Waals surface area (Å²) >= 11 is 0. The predicted octanol–water partition coefficient (Wildman–Crippen LogP) is 2.17. The number of carboxylic acids is 1. The molecule has 6 nitrogen and oxygen atoms in total. The third-order valence-electron chi connectivity index (χ3n) is 5.18. The topological polar surface area (TPSA) is 101 Å². The molecule has 1 unspecified atom stereocenters. The molecule has 30 heavy (non-hydrogen) atoms. The largest absolute Gasteiger partial charge is 0.479 e. The van der Waals surface area contributed by atoms with Gasteiger partial charge in [0.05, 0.1) is 0 Å². The molecule has 8 heteroatoms. The molecule has 1 aliphatic rings. The number of nitrogens with two attached hydrogens (primary N) is 1. The molecule has 1 aliphatic heterocycles. The zero-order valence-electron chi connectivity index (χ0n) is 16.3. The Balaban J connectivity index is 1.71. The van der Waals surface area contributed by atoms with Crippen molar-refractivity contribution in [3.05, 3.63) is 71.5 Å². The zero-order chi connectivity index (χ0) is 21.8. The van der Waals surface area contributed by atoms with Crippen molar-refractivity contribution in [3.8, 4) is 11.8 Å². The molecule has 2 aromatic carbocycles. The lowest BCUT2D eigenvalue weighted by Gasteiger charge is -2.33. The lowest BCUT2D eigenvalue weighted by molar-refractivity contribution is -0.140. The molecule has 0 aromatic heterocycles. The van der Waals surface area contributed by atoms with Crippen LogP contribution in [-0.4, -0.2) is 48.2 Å². The molecule has 158 valence electrons. The van der Waals surface area contributed by atoms with Crippen molar-refractivity contribution in [3.63, 3.8) is 0 Å². The number of carboxylic acid groups (broad SMARTS) is 1.